The quantitative estimate of drug-likeness (QED) is 0.178. The van der Waals surface area contributed by atoms with E-state index >= 15 is 0 Å². The first-order chi connectivity index (χ1) is 20.0. The largest absolute Gasteiger partial charge is 0.496 e. The van der Waals surface area contributed by atoms with Crippen LogP contribution in [0.25, 0.3) is 33.5 Å². The lowest BCUT2D eigenvalue weighted by atomic mass is 10.2. The van der Waals surface area contributed by atoms with E-state index in [1.807, 2.05) is 12.1 Å². The van der Waals surface area contributed by atoms with Crippen LogP contribution in [0, 0.1) is 0 Å². The fraction of sp³-hybridized carbons (Fsp3) is 0.200. The zero-order valence-electron chi connectivity index (χ0n) is 22.9. The summed E-state index contributed by atoms with van der Waals surface area (Å²) in [5, 5.41) is 5.61. The number of hydrogen-bond acceptors (Lipinski definition) is 10. The third-order valence-electron chi connectivity index (χ3n) is 6.16. The fourth-order valence-electron chi connectivity index (χ4n) is 4.29. The molecule has 0 radical (unpaired) electrons. The maximum Gasteiger partial charge on any atom is 0.344 e. The summed E-state index contributed by atoms with van der Waals surface area (Å²) in [7, 11) is 4.49. The van der Waals surface area contributed by atoms with Crippen molar-refractivity contribution >= 4 is 34.1 Å². The second-order valence-corrected chi connectivity index (χ2v) is 8.65. The second-order valence-electron chi connectivity index (χ2n) is 8.65. The van der Waals surface area contributed by atoms with E-state index in [4.69, 9.17) is 33.1 Å². The molecule has 0 unspecified atom stereocenters. The normalized spacial score (nSPS) is 11.2. The van der Waals surface area contributed by atoms with Gasteiger partial charge in [0, 0.05) is 5.56 Å². The van der Waals surface area contributed by atoms with Gasteiger partial charge in [0.05, 0.1) is 50.4 Å². The molecule has 11 heteroatoms. The summed E-state index contributed by atoms with van der Waals surface area (Å²) in [4.78, 5) is 30.1. The van der Waals surface area contributed by atoms with E-state index in [1.165, 1.54) is 25.1 Å². The van der Waals surface area contributed by atoms with Crippen molar-refractivity contribution in [3.05, 3.63) is 76.6 Å². The Morgan fingerprint density at radius 3 is 2.39 bits per heavy atom. The monoisotopic (exact) mass is 557 g/mol. The number of ether oxygens (including phenoxy) is 5. The summed E-state index contributed by atoms with van der Waals surface area (Å²) in [6, 6.07) is 17.5. The first kappa shape index (κ1) is 27.3. The predicted molar refractivity (Wildman–Crippen MR) is 152 cm³/mol. The minimum atomic E-state index is -0.527. The number of nitrogens with zero attached hydrogens (tertiary/aromatic N) is 3. The summed E-state index contributed by atoms with van der Waals surface area (Å²) in [6.07, 6.45) is 1.46. The number of methoxy groups -OCH3 is 3. The van der Waals surface area contributed by atoms with Crippen LogP contribution in [-0.4, -0.2) is 56.4 Å². The molecule has 2 aromatic heterocycles. The van der Waals surface area contributed by atoms with Crippen molar-refractivity contribution < 1.29 is 32.9 Å². The van der Waals surface area contributed by atoms with Crippen molar-refractivity contribution in [2.24, 2.45) is 5.10 Å². The Hall–Kier alpha value is -5.32. The number of furan rings is 1. The van der Waals surface area contributed by atoms with Gasteiger partial charge in [-0.1, -0.05) is 18.2 Å². The molecule has 0 spiro atoms. The molecule has 3 aromatic carbocycles. The van der Waals surface area contributed by atoms with Gasteiger partial charge in [0.1, 0.15) is 11.3 Å². The van der Waals surface area contributed by atoms with Gasteiger partial charge in [0.15, 0.2) is 23.9 Å². The minimum Gasteiger partial charge on any atom is -0.496 e. The molecule has 0 amide bonds. The Bertz CT molecular complexity index is 1800. The smallest absolute Gasteiger partial charge is 0.344 e. The van der Waals surface area contributed by atoms with Gasteiger partial charge < -0.3 is 28.1 Å². The lowest BCUT2D eigenvalue weighted by molar-refractivity contribution is -0.145. The summed E-state index contributed by atoms with van der Waals surface area (Å²) in [6.45, 7) is 1.62. The molecule has 5 aromatic rings. The van der Waals surface area contributed by atoms with E-state index in [0.29, 0.717) is 45.1 Å². The highest BCUT2D eigenvalue weighted by atomic mass is 16.6. The molecule has 0 aliphatic heterocycles. The van der Waals surface area contributed by atoms with Crippen LogP contribution in [-0.2, 0) is 9.53 Å². The average molecular weight is 558 g/mol. The standard InChI is InChI=1S/C30H27N3O8/c1-5-39-27(34)17-40-28-24(37-3)13-18(14-25(28)38-4)16-31-33-29(32-21-10-7-6-9-19(21)30(33)35)26-15-20-22(36-2)11-8-12-23(20)41-26/h6-16H,5,17H2,1-4H3. The number of rotatable bonds is 10. The maximum atomic E-state index is 13.6. The van der Waals surface area contributed by atoms with Gasteiger partial charge in [0.25, 0.3) is 5.56 Å². The van der Waals surface area contributed by atoms with Gasteiger partial charge in [-0.25, -0.2) is 9.78 Å². The molecule has 2 heterocycles. The predicted octanol–water partition coefficient (Wildman–Crippen LogP) is 4.66. The Kier molecular flexibility index (Phi) is 7.86. The minimum absolute atomic E-state index is 0.205. The Morgan fingerprint density at radius 1 is 0.951 bits per heavy atom. The van der Waals surface area contributed by atoms with Crippen molar-refractivity contribution in [3.63, 3.8) is 0 Å². The van der Waals surface area contributed by atoms with Crippen molar-refractivity contribution in [2.75, 3.05) is 34.5 Å². The highest BCUT2D eigenvalue weighted by molar-refractivity contribution is 5.89. The van der Waals surface area contributed by atoms with Gasteiger partial charge in [-0.3, -0.25) is 4.79 Å². The molecule has 0 aliphatic carbocycles. The lowest BCUT2D eigenvalue weighted by Gasteiger charge is -2.15. The highest BCUT2D eigenvalue weighted by Gasteiger charge is 2.19. The molecule has 0 saturated heterocycles. The van der Waals surface area contributed by atoms with E-state index in [0.717, 1.165) is 5.39 Å². The number of esters is 1. The van der Waals surface area contributed by atoms with Crippen molar-refractivity contribution in [3.8, 4) is 34.6 Å². The Balaban J connectivity index is 1.60. The van der Waals surface area contributed by atoms with E-state index in [1.54, 1.807) is 62.6 Å². The summed E-state index contributed by atoms with van der Waals surface area (Å²) in [5.41, 5.74) is 1.21. The molecule has 5 rings (SSSR count). The summed E-state index contributed by atoms with van der Waals surface area (Å²) in [5.74, 6) is 1.45. The molecular weight excluding hydrogens is 530 g/mol. The third kappa shape index (κ3) is 5.42. The van der Waals surface area contributed by atoms with E-state index in [-0.39, 0.29) is 30.3 Å². The first-order valence-corrected chi connectivity index (χ1v) is 12.6. The maximum absolute atomic E-state index is 13.6. The molecule has 0 N–H and O–H groups in total. The second kappa shape index (κ2) is 11.8. The molecule has 0 fully saturated rings. The number of benzene rings is 3. The molecule has 210 valence electrons. The zero-order valence-corrected chi connectivity index (χ0v) is 22.9. The van der Waals surface area contributed by atoms with E-state index in [2.05, 4.69) is 5.10 Å². The number of fused-ring (bicyclic) bond motifs is 2. The van der Waals surface area contributed by atoms with Crippen LogP contribution >= 0.6 is 0 Å². The lowest BCUT2D eigenvalue weighted by Crippen LogP contribution is -2.20. The highest BCUT2D eigenvalue weighted by Crippen LogP contribution is 2.38. The molecule has 0 atom stereocenters. The number of aromatic nitrogens is 2. The SMILES string of the molecule is CCOC(=O)COc1c(OC)cc(C=Nn2c(-c3cc4c(OC)cccc4o3)nc3ccccc3c2=O)cc1OC. The van der Waals surface area contributed by atoms with Crippen LogP contribution in [0.1, 0.15) is 12.5 Å². The van der Waals surface area contributed by atoms with Crippen LogP contribution in [0.2, 0.25) is 0 Å². The number of carbonyl (C=O) groups is 1. The van der Waals surface area contributed by atoms with Crippen molar-refractivity contribution in [2.45, 2.75) is 6.92 Å². The van der Waals surface area contributed by atoms with E-state index in [9.17, 15) is 9.59 Å². The fourth-order valence-corrected chi connectivity index (χ4v) is 4.29. The Morgan fingerprint density at radius 2 is 1.68 bits per heavy atom. The van der Waals surface area contributed by atoms with Gasteiger partial charge in [-0.05, 0) is 49.4 Å². The number of hydrogen-bond donors (Lipinski definition) is 0. The van der Waals surface area contributed by atoms with Crippen molar-refractivity contribution in [1.29, 1.82) is 0 Å². The van der Waals surface area contributed by atoms with Gasteiger partial charge >= 0.3 is 5.97 Å². The molecular formula is C30H27N3O8. The van der Waals surface area contributed by atoms with Crippen LogP contribution in [0.4, 0.5) is 0 Å². The van der Waals surface area contributed by atoms with Crippen LogP contribution in [0.5, 0.6) is 23.0 Å². The number of para-hydroxylation sites is 1. The van der Waals surface area contributed by atoms with Crippen LogP contribution in [0.3, 0.4) is 0 Å². The third-order valence-corrected chi connectivity index (χ3v) is 6.16. The topological polar surface area (TPSA) is 124 Å². The molecule has 0 bridgehead atoms. The molecule has 11 nitrogen and oxygen atoms in total. The van der Waals surface area contributed by atoms with Gasteiger partial charge in [-0.2, -0.15) is 9.78 Å². The Labute approximate surface area is 234 Å². The summed E-state index contributed by atoms with van der Waals surface area (Å²) >= 11 is 0. The van der Waals surface area contributed by atoms with E-state index < -0.39 is 5.97 Å². The van der Waals surface area contributed by atoms with Crippen LogP contribution < -0.4 is 24.5 Å². The van der Waals surface area contributed by atoms with Gasteiger partial charge in [-0.15, -0.1) is 0 Å². The van der Waals surface area contributed by atoms with Gasteiger partial charge in [0.2, 0.25) is 11.6 Å². The average Bonchev–Trinajstić information content (AvgIpc) is 3.44. The first-order valence-electron chi connectivity index (χ1n) is 12.6. The van der Waals surface area contributed by atoms with Crippen molar-refractivity contribution in [1.82, 2.24) is 9.66 Å². The zero-order chi connectivity index (χ0) is 28.9. The summed E-state index contributed by atoms with van der Waals surface area (Å²) < 4.78 is 34.2. The number of carbonyl (C=O) groups excluding carboxylic acids is 1. The van der Waals surface area contributed by atoms with Crippen LogP contribution in [0.15, 0.2) is 75.0 Å². The molecule has 0 aliphatic rings. The molecule has 41 heavy (non-hydrogen) atoms. The molecule has 0 saturated carbocycles.